The summed E-state index contributed by atoms with van der Waals surface area (Å²) in [6.07, 6.45) is 0.743. The van der Waals surface area contributed by atoms with E-state index in [9.17, 15) is 9.59 Å². The molecule has 5 nitrogen and oxygen atoms in total. The van der Waals surface area contributed by atoms with Crippen LogP contribution in [-0.4, -0.2) is 19.2 Å². The molecular weight excluding hydrogens is 234 g/mol. The van der Waals surface area contributed by atoms with Gasteiger partial charge in [-0.3, -0.25) is 5.32 Å². The molecule has 0 spiro atoms. The van der Waals surface area contributed by atoms with Gasteiger partial charge in [-0.05, 0) is 12.5 Å². The molecule has 0 saturated heterocycles. The third-order valence-corrected chi connectivity index (χ3v) is 2.14. The first kappa shape index (κ1) is 13.8. The molecule has 0 aliphatic carbocycles. The summed E-state index contributed by atoms with van der Waals surface area (Å²) in [5, 5.41) is 2.31. The maximum atomic E-state index is 11.4. The molecule has 0 heterocycles. The fourth-order valence-corrected chi connectivity index (χ4v) is 1.22. The number of nitrogens with one attached hydrogen (secondary N) is 1. The Bertz CT molecular complexity index is 440. The summed E-state index contributed by atoms with van der Waals surface area (Å²) in [5.74, 6) is -0.617. The zero-order chi connectivity index (χ0) is 13.4. The number of ether oxygens (including phenoxy) is 2. The predicted octanol–water partition coefficient (Wildman–Crippen LogP) is 1.99. The number of esters is 1. The first-order valence-electron chi connectivity index (χ1n) is 5.39. The first-order valence-corrected chi connectivity index (χ1v) is 5.39. The molecule has 1 aromatic rings. The average Bonchev–Trinajstić information content (AvgIpc) is 2.42. The van der Waals surface area contributed by atoms with Crippen LogP contribution in [0.1, 0.15) is 12.5 Å². The van der Waals surface area contributed by atoms with Crippen LogP contribution in [0.2, 0.25) is 0 Å². The second-order valence-electron chi connectivity index (χ2n) is 3.38. The van der Waals surface area contributed by atoms with E-state index in [1.54, 1.807) is 6.92 Å². The monoisotopic (exact) mass is 249 g/mol. The fraction of sp³-hybridized carbons (Fsp3) is 0.231. The number of amides is 1. The standard InChI is InChI=1S/C13H15NO4/c1-3-11(12(15)17-2)14-13(16)18-9-10-7-5-4-6-8-10/h3-8H,9H2,1-2H3,(H,14,16)/b11-3-. The van der Waals surface area contributed by atoms with Crippen LogP contribution in [0.15, 0.2) is 42.1 Å². The molecule has 0 atom stereocenters. The minimum Gasteiger partial charge on any atom is -0.464 e. The summed E-state index contributed by atoms with van der Waals surface area (Å²) in [4.78, 5) is 22.6. The Balaban J connectivity index is 2.45. The zero-order valence-electron chi connectivity index (χ0n) is 10.3. The number of hydrogen-bond acceptors (Lipinski definition) is 4. The lowest BCUT2D eigenvalue weighted by molar-refractivity contribution is -0.136. The number of hydrogen-bond donors (Lipinski definition) is 1. The van der Waals surface area contributed by atoms with Gasteiger partial charge in [0.15, 0.2) is 0 Å². The molecule has 0 radical (unpaired) electrons. The second-order valence-corrected chi connectivity index (χ2v) is 3.38. The second kappa shape index (κ2) is 7.11. The van der Waals surface area contributed by atoms with Crippen molar-refractivity contribution in [1.29, 1.82) is 0 Å². The molecule has 1 N–H and O–H groups in total. The van der Waals surface area contributed by atoms with Crippen molar-refractivity contribution < 1.29 is 19.1 Å². The molecule has 0 saturated carbocycles. The first-order chi connectivity index (χ1) is 8.67. The van der Waals surface area contributed by atoms with E-state index < -0.39 is 12.1 Å². The predicted molar refractivity (Wildman–Crippen MR) is 65.5 cm³/mol. The highest BCUT2D eigenvalue weighted by atomic mass is 16.6. The van der Waals surface area contributed by atoms with Crippen molar-refractivity contribution in [3.8, 4) is 0 Å². The molecule has 5 heteroatoms. The van der Waals surface area contributed by atoms with Crippen molar-refractivity contribution in [2.75, 3.05) is 7.11 Å². The fourth-order valence-electron chi connectivity index (χ4n) is 1.22. The van der Waals surface area contributed by atoms with Crippen LogP contribution in [0.4, 0.5) is 4.79 Å². The SMILES string of the molecule is C/C=C(\NC(=O)OCc1ccccc1)C(=O)OC. The van der Waals surface area contributed by atoms with Crippen LogP contribution >= 0.6 is 0 Å². The van der Waals surface area contributed by atoms with Crippen LogP contribution < -0.4 is 5.32 Å². The summed E-state index contributed by atoms with van der Waals surface area (Å²) >= 11 is 0. The molecule has 0 bridgehead atoms. The van der Waals surface area contributed by atoms with E-state index in [2.05, 4.69) is 10.1 Å². The van der Waals surface area contributed by atoms with Crippen LogP contribution in [0.5, 0.6) is 0 Å². The van der Waals surface area contributed by atoms with Crippen molar-refractivity contribution in [2.24, 2.45) is 0 Å². The van der Waals surface area contributed by atoms with Gasteiger partial charge in [0.2, 0.25) is 0 Å². The molecule has 0 fully saturated rings. The van der Waals surface area contributed by atoms with Crippen LogP contribution in [0.3, 0.4) is 0 Å². The minimum atomic E-state index is -0.697. The lowest BCUT2D eigenvalue weighted by Gasteiger charge is -2.08. The molecule has 0 unspecified atom stereocenters. The van der Waals surface area contributed by atoms with Gasteiger partial charge >= 0.3 is 12.1 Å². The van der Waals surface area contributed by atoms with Crippen molar-refractivity contribution in [1.82, 2.24) is 5.32 Å². The topological polar surface area (TPSA) is 64.6 Å². The Kier molecular flexibility index (Phi) is 5.44. The Hall–Kier alpha value is -2.30. The van der Waals surface area contributed by atoms with Gasteiger partial charge < -0.3 is 9.47 Å². The van der Waals surface area contributed by atoms with Crippen LogP contribution in [-0.2, 0) is 20.9 Å². The summed E-state index contributed by atoms with van der Waals surface area (Å²) in [6.45, 7) is 1.76. The lowest BCUT2D eigenvalue weighted by atomic mass is 10.2. The van der Waals surface area contributed by atoms with Gasteiger partial charge in [0.25, 0.3) is 0 Å². The van der Waals surface area contributed by atoms with Crippen LogP contribution in [0, 0.1) is 0 Å². The number of alkyl carbamates (subject to hydrolysis) is 1. The number of rotatable bonds is 4. The van der Waals surface area contributed by atoms with E-state index in [1.807, 2.05) is 30.3 Å². The largest absolute Gasteiger partial charge is 0.464 e. The molecule has 0 aliphatic heterocycles. The molecule has 0 aliphatic rings. The Morgan fingerprint density at radius 1 is 1.28 bits per heavy atom. The summed E-state index contributed by atoms with van der Waals surface area (Å²) in [5.41, 5.74) is 0.920. The van der Waals surface area contributed by atoms with Crippen molar-refractivity contribution in [2.45, 2.75) is 13.5 Å². The van der Waals surface area contributed by atoms with E-state index in [4.69, 9.17) is 4.74 Å². The Morgan fingerprint density at radius 2 is 1.94 bits per heavy atom. The highest BCUT2D eigenvalue weighted by molar-refractivity contribution is 5.91. The molecule has 1 amide bonds. The lowest BCUT2D eigenvalue weighted by Crippen LogP contribution is -2.28. The average molecular weight is 249 g/mol. The van der Waals surface area contributed by atoms with Crippen molar-refractivity contribution in [3.05, 3.63) is 47.7 Å². The van der Waals surface area contributed by atoms with E-state index in [1.165, 1.54) is 13.2 Å². The van der Waals surface area contributed by atoms with Gasteiger partial charge in [0.1, 0.15) is 12.3 Å². The van der Waals surface area contributed by atoms with Crippen LogP contribution in [0.25, 0.3) is 0 Å². The number of allylic oxidation sites excluding steroid dienone is 1. The van der Waals surface area contributed by atoms with E-state index in [0.717, 1.165) is 5.56 Å². The highest BCUT2D eigenvalue weighted by Gasteiger charge is 2.12. The smallest absolute Gasteiger partial charge is 0.412 e. The van der Waals surface area contributed by atoms with Gasteiger partial charge in [0, 0.05) is 0 Å². The number of carbonyl (C=O) groups is 2. The Labute approximate surface area is 105 Å². The van der Waals surface area contributed by atoms with E-state index in [0.29, 0.717) is 0 Å². The molecule has 1 aromatic carbocycles. The van der Waals surface area contributed by atoms with Crippen molar-refractivity contribution >= 4 is 12.1 Å². The maximum absolute atomic E-state index is 11.4. The quantitative estimate of drug-likeness (QED) is 0.654. The van der Waals surface area contributed by atoms with Crippen molar-refractivity contribution in [3.63, 3.8) is 0 Å². The summed E-state index contributed by atoms with van der Waals surface area (Å²) in [6, 6.07) is 9.25. The van der Waals surface area contributed by atoms with Gasteiger partial charge in [-0.2, -0.15) is 0 Å². The molecule has 0 aromatic heterocycles. The molecule has 1 rings (SSSR count). The molecule has 96 valence electrons. The van der Waals surface area contributed by atoms with Gasteiger partial charge in [0.05, 0.1) is 7.11 Å². The summed E-state index contributed by atoms with van der Waals surface area (Å²) in [7, 11) is 1.24. The zero-order valence-corrected chi connectivity index (χ0v) is 10.3. The van der Waals surface area contributed by atoms with Gasteiger partial charge in [-0.25, -0.2) is 9.59 Å². The normalized spacial score (nSPS) is 10.7. The third kappa shape index (κ3) is 4.29. The molecular formula is C13H15NO4. The van der Waals surface area contributed by atoms with Gasteiger partial charge in [-0.15, -0.1) is 0 Å². The number of benzene rings is 1. The maximum Gasteiger partial charge on any atom is 0.412 e. The molecule has 18 heavy (non-hydrogen) atoms. The van der Waals surface area contributed by atoms with Gasteiger partial charge in [-0.1, -0.05) is 36.4 Å². The number of carbonyl (C=O) groups excluding carboxylic acids is 2. The summed E-state index contributed by atoms with van der Waals surface area (Å²) < 4.78 is 9.45. The minimum absolute atomic E-state index is 0.0514. The van der Waals surface area contributed by atoms with E-state index in [-0.39, 0.29) is 12.3 Å². The Morgan fingerprint density at radius 3 is 2.50 bits per heavy atom. The third-order valence-electron chi connectivity index (χ3n) is 2.14. The highest BCUT2D eigenvalue weighted by Crippen LogP contribution is 2.01. The van der Waals surface area contributed by atoms with E-state index >= 15 is 0 Å². The number of methoxy groups -OCH3 is 1.